The SMILES string of the molecule is CCc1ccc(Cc2cc(C3OC(CO)C(O)C(O)C3O)c(C(O)(O)O)cc2Cl)cc1. The van der Waals surface area contributed by atoms with E-state index in [9.17, 15) is 35.7 Å². The molecule has 170 valence electrons. The summed E-state index contributed by atoms with van der Waals surface area (Å²) in [5.74, 6) is -3.31. The van der Waals surface area contributed by atoms with Crippen molar-refractivity contribution >= 4 is 11.6 Å². The van der Waals surface area contributed by atoms with Gasteiger partial charge in [-0.25, -0.2) is 0 Å². The van der Waals surface area contributed by atoms with Crippen molar-refractivity contribution in [3.63, 3.8) is 0 Å². The third-order valence-electron chi connectivity index (χ3n) is 5.60. The van der Waals surface area contributed by atoms with E-state index in [4.69, 9.17) is 16.3 Å². The van der Waals surface area contributed by atoms with Gasteiger partial charge in [-0.3, -0.25) is 0 Å². The topological polar surface area (TPSA) is 151 Å². The standard InChI is InChI=1S/C22H27ClO8/c1-2-11-3-5-12(6-4-11)7-13-8-14(15(9-16(13)23)22(28,29)30)21-20(27)19(26)18(25)17(10-24)31-21/h3-6,8-9,17-21,24-30H,2,7,10H2,1H3. The zero-order valence-electron chi connectivity index (χ0n) is 16.9. The zero-order valence-corrected chi connectivity index (χ0v) is 17.6. The molecule has 5 unspecified atom stereocenters. The average molecular weight is 455 g/mol. The average Bonchev–Trinajstić information content (AvgIpc) is 2.73. The lowest BCUT2D eigenvalue weighted by Crippen LogP contribution is -2.55. The molecule has 2 aromatic carbocycles. The van der Waals surface area contributed by atoms with E-state index in [-0.39, 0.29) is 10.6 Å². The Morgan fingerprint density at radius 3 is 2.10 bits per heavy atom. The lowest BCUT2D eigenvalue weighted by atomic mass is 9.87. The van der Waals surface area contributed by atoms with Crippen LogP contribution in [-0.4, -0.2) is 66.8 Å². The van der Waals surface area contributed by atoms with Gasteiger partial charge in [0.25, 0.3) is 0 Å². The fraction of sp³-hybridized carbons (Fsp3) is 0.455. The van der Waals surface area contributed by atoms with Crippen molar-refractivity contribution in [3.8, 4) is 0 Å². The summed E-state index contributed by atoms with van der Waals surface area (Å²) in [6.07, 6.45) is -6.25. The summed E-state index contributed by atoms with van der Waals surface area (Å²) in [4.78, 5) is 0. The molecule has 1 saturated heterocycles. The molecule has 3 rings (SSSR count). The van der Waals surface area contributed by atoms with Crippen LogP contribution in [0.4, 0.5) is 0 Å². The van der Waals surface area contributed by atoms with Crippen LogP contribution in [0, 0.1) is 0 Å². The third kappa shape index (κ3) is 5.09. The van der Waals surface area contributed by atoms with Crippen LogP contribution >= 0.6 is 11.6 Å². The number of aliphatic hydroxyl groups excluding tert-OH is 4. The van der Waals surface area contributed by atoms with Crippen LogP contribution in [0.25, 0.3) is 0 Å². The molecular formula is C22H27ClO8. The number of hydrogen-bond donors (Lipinski definition) is 7. The normalized spacial score (nSPS) is 26.8. The highest BCUT2D eigenvalue weighted by Crippen LogP contribution is 2.39. The van der Waals surface area contributed by atoms with Crippen LogP contribution in [0.1, 0.15) is 40.8 Å². The molecule has 0 amide bonds. The van der Waals surface area contributed by atoms with Gasteiger partial charge in [0.05, 0.1) is 6.61 Å². The molecule has 8 nitrogen and oxygen atoms in total. The highest BCUT2D eigenvalue weighted by molar-refractivity contribution is 6.31. The first kappa shape index (κ1) is 24.1. The molecular weight excluding hydrogens is 428 g/mol. The van der Waals surface area contributed by atoms with Crippen molar-refractivity contribution in [2.24, 2.45) is 0 Å². The van der Waals surface area contributed by atoms with Gasteiger partial charge in [0.15, 0.2) is 0 Å². The lowest BCUT2D eigenvalue weighted by Gasteiger charge is -2.41. The molecule has 1 aliphatic heterocycles. The summed E-state index contributed by atoms with van der Waals surface area (Å²) in [6.45, 7) is 1.39. The molecule has 5 atom stereocenters. The molecule has 7 N–H and O–H groups in total. The molecule has 0 bridgehead atoms. The van der Waals surface area contributed by atoms with Crippen LogP contribution in [0.2, 0.25) is 5.02 Å². The Hall–Kier alpha value is -1.59. The molecule has 0 aliphatic carbocycles. The first-order valence-electron chi connectivity index (χ1n) is 9.95. The van der Waals surface area contributed by atoms with Crippen molar-refractivity contribution in [2.45, 2.75) is 56.3 Å². The highest BCUT2D eigenvalue weighted by atomic mass is 35.5. The van der Waals surface area contributed by atoms with Gasteiger partial charge in [-0.1, -0.05) is 48.9 Å². The smallest absolute Gasteiger partial charge is 0.304 e. The summed E-state index contributed by atoms with van der Waals surface area (Å²) in [6, 6.07) is 10.4. The minimum atomic E-state index is -3.31. The van der Waals surface area contributed by atoms with E-state index in [0.717, 1.165) is 23.6 Å². The molecule has 1 fully saturated rings. The van der Waals surface area contributed by atoms with E-state index in [1.54, 1.807) is 0 Å². The quantitative estimate of drug-likeness (QED) is 0.303. The second-order valence-electron chi connectivity index (χ2n) is 7.76. The summed E-state index contributed by atoms with van der Waals surface area (Å²) in [7, 11) is 0. The van der Waals surface area contributed by atoms with Crippen LogP contribution in [0.5, 0.6) is 0 Å². The first-order valence-corrected chi connectivity index (χ1v) is 10.3. The van der Waals surface area contributed by atoms with E-state index in [1.807, 2.05) is 31.2 Å². The van der Waals surface area contributed by atoms with Crippen LogP contribution in [-0.2, 0) is 23.6 Å². The molecule has 0 aromatic heterocycles. The largest absolute Gasteiger partial charge is 0.394 e. The van der Waals surface area contributed by atoms with Gasteiger partial charge >= 0.3 is 5.97 Å². The lowest BCUT2D eigenvalue weighted by molar-refractivity contribution is -0.325. The molecule has 2 aromatic rings. The number of ether oxygens (including phenoxy) is 1. The van der Waals surface area contributed by atoms with Gasteiger partial charge in [0, 0.05) is 10.6 Å². The van der Waals surface area contributed by atoms with Crippen LogP contribution in [0.15, 0.2) is 36.4 Å². The molecule has 0 radical (unpaired) electrons. The van der Waals surface area contributed by atoms with Gasteiger partial charge in [-0.2, -0.15) is 0 Å². The number of halogens is 1. The van der Waals surface area contributed by atoms with Gasteiger partial charge in [-0.05, 0) is 41.2 Å². The fourth-order valence-corrected chi connectivity index (χ4v) is 4.00. The Bertz CT molecular complexity index is 894. The number of aliphatic hydroxyl groups is 7. The first-order chi connectivity index (χ1) is 14.6. The van der Waals surface area contributed by atoms with Crippen molar-refractivity contribution in [1.29, 1.82) is 0 Å². The second-order valence-corrected chi connectivity index (χ2v) is 8.17. The Balaban J connectivity index is 2.05. The second kappa shape index (κ2) is 9.50. The van der Waals surface area contributed by atoms with Gasteiger partial charge in [0.2, 0.25) is 0 Å². The highest BCUT2D eigenvalue weighted by Gasteiger charge is 2.46. The molecule has 0 saturated carbocycles. The predicted octanol–water partition coefficient (Wildman–Crippen LogP) is 0.0953. The maximum Gasteiger partial charge on any atom is 0.304 e. The minimum absolute atomic E-state index is 0.0472. The van der Waals surface area contributed by atoms with Crippen LogP contribution < -0.4 is 0 Å². The van der Waals surface area contributed by atoms with Crippen LogP contribution in [0.3, 0.4) is 0 Å². The fourth-order valence-electron chi connectivity index (χ4n) is 3.77. The van der Waals surface area contributed by atoms with Gasteiger partial charge < -0.3 is 40.5 Å². The van der Waals surface area contributed by atoms with Crippen molar-refractivity contribution in [1.82, 2.24) is 0 Å². The van der Waals surface area contributed by atoms with Crippen molar-refractivity contribution < 1.29 is 40.5 Å². The van der Waals surface area contributed by atoms with E-state index >= 15 is 0 Å². The molecule has 9 heteroatoms. The van der Waals surface area contributed by atoms with E-state index in [1.165, 1.54) is 6.07 Å². The van der Waals surface area contributed by atoms with Gasteiger partial charge in [0.1, 0.15) is 30.5 Å². The molecule has 1 heterocycles. The maximum absolute atomic E-state index is 10.5. The Labute approximate surface area is 184 Å². The number of benzene rings is 2. The van der Waals surface area contributed by atoms with E-state index in [0.29, 0.717) is 12.0 Å². The van der Waals surface area contributed by atoms with Crippen molar-refractivity contribution in [3.05, 3.63) is 69.2 Å². The summed E-state index contributed by atoms with van der Waals surface area (Å²) in [5, 5.41) is 69.8. The van der Waals surface area contributed by atoms with E-state index < -0.39 is 48.7 Å². The third-order valence-corrected chi connectivity index (χ3v) is 5.96. The monoisotopic (exact) mass is 454 g/mol. The molecule has 31 heavy (non-hydrogen) atoms. The number of hydrogen-bond acceptors (Lipinski definition) is 8. The Morgan fingerprint density at radius 2 is 1.55 bits per heavy atom. The van der Waals surface area contributed by atoms with Crippen molar-refractivity contribution in [2.75, 3.05) is 6.61 Å². The number of rotatable bonds is 6. The van der Waals surface area contributed by atoms with E-state index in [2.05, 4.69) is 0 Å². The summed E-state index contributed by atoms with van der Waals surface area (Å²) < 4.78 is 5.54. The van der Waals surface area contributed by atoms with Gasteiger partial charge in [-0.15, -0.1) is 0 Å². The molecule has 0 spiro atoms. The predicted molar refractivity (Wildman–Crippen MR) is 111 cm³/mol. The summed E-state index contributed by atoms with van der Waals surface area (Å²) >= 11 is 6.33. The Morgan fingerprint density at radius 1 is 0.935 bits per heavy atom. The Kier molecular flexibility index (Phi) is 7.37. The zero-order chi connectivity index (χ0) is 22.9. The minimum Gasteiger partial charge on any atom is -0.394 e. The number of aryl methyl sites for hydroxylation is 1. The maximum atomic E-state index is 10.5. The molecule has 1 aliphatic rings. The summed E-state index contributed by atoms with van der Waals surface area (Å²) in [5.41, 5.74) is 2.14.